The van der Waals surface area contributed by atoms with Gasteiger partial charge in [-0.2, -0.15) is 0 Å². The van der Waals surface area contributed by atoms with Gasteiger partial charge in [0.05, 0.1) is 37.4 Å². The molecule has 1 heterocycles. The van der Waals surface area contributed by atoms with Gasteiger partial charge in [0.2, 0.25) is 0 Å². The highest BCUT2D eigenvalue weighted by molar-refractivity contribution is 7.22. The predicted molar refractivity (Wildman–Crippen MR) is 110 cm³/mol. The van der Waals surface area contributed by atoms with E-state index in [2.05, 4.69) is 40.1 Å². The first-order chi connectivity index (χ1) is 12.3. The molecule has 1 amide bonds. The van der Waals surface area contributed by atoms with E-state index >= 15 is 0 Å². The van der Waals surface area contributed by atoms with Crippen LogP contribution in [0, 0.1) is 20.8 Å². The van der Waals surface area contributed by atoms with Crippen LogP contribution in [0.4, 0.5) is 5.13 Å². The first-order valence-electron chi connectivity index (χ1n) is 8.90. The molecule has 1 aromatic heterocycles. The second-order valence-corrected chi connectivity index (χ2v) is 8.22. The summed E-state index contributed by atoms with van der Waals surface area (Å²) in [4.78, 5) is 21.2. The van der Waals surface area contributed by atoms with Crippen LogP contribution in [-0.4, -0.2) is 38.1 Å². The second-order valence-electron chi connectivity index (χ2n) is 7.21. The monoisotopic (exact) mass is 368 g/mol. The Bertz CT molecular complexity index is 946. The summed E-state index contributed by atoms with van der Waals surface area (Å²) in [7, 11) is 4.20. The largest absolute Gasteiger partial charge is 0.338 e. The Morgan fingerprint density at radius 2 is 1.88 bits per heavy atom. The van der Waals surface area contributed by atoms with Crippen molar-refractivity contribution in [2.75, 3.05) is 32.1 Å². The smallest absolute Gasteiger partial charge is 0.260 e. The van der Waals surface area contributed by atoms with Crippen molar-refractivity contribution in [2.24, 2.45) is 0 Å². The van der Waals surface area contributed by atoms with Gasteiger partial charge in [-0.3, -0.25) is 9.69 Å². The Balaban J connectivity index is 2.03. The minimum absolute atomic E-state index is 0.0170. The van der Waals surface area contributed by atoms with Gasteiger partial charge in [-0.05, 0) is 50.1 Å². The van der Waals surface area contributed by atoms with E-state index in [1.807, 2.05) is 36.1 Å². The number of likely N-dealkylation sites (N-methyl/N-ethyl adjacent to an activating group) is 1. The number of rotatable bonds is 5. The van der Waals surface area contributed by atoms with E-state index in [0.29, 0.717) is 12.1 Å². The Hall–Kier alpha value is -2.24. The molecule has 0 saturated heterocycles. The molecule has 26 heavy (non-hydrogen) atoms. The number of carbonyl (C=O) groups excluding carboxylic acids is 1. The van der Waals surface area contributed by atoms with Crippen LogP contribution in [0.15, 0.2) is 36.4 Å². The highest BCUT2D eigenvalue weighted by atomic mass is 32.1. The number of aryl methyl sites for hydroxylation is 3. The van der Waals surface area contributed by atoms with Crippen molar-refractivity contribution >= 4 is 32.6 Å². The summed E-state index contributed by atoms with van der Waals surface area (Å²) >= 11 is 1.60. The van der Waals surface area contributed by atoms with Crippen molar-refractivity contribution < 1.29 is 9.69 Å². The van der Waals surface area contributed by atoms with Gasteiger partial charge in [-0.1, -0.05) is 35.1 Å². The van der Waals surface area contributed by atoms with Crippen LogP contribution in [0.1, 0.15) is 27.0 Å². The highest BCUT2D eigenvalue weighted by Crippen LogP contribution is 2.32. The molecular weight excluding hydrogens is 342 g/mol. The number of hydrogen-bond acceptors (Lipinski definition) is 3. The lowest BCUT2D eigenvalue weighted by atomic mass is 10.1. The lowest BCUT2D eigenvalue weighted by Crippen LogP contribution is -3.06. The van der Waals surface area contributed by atoms with Gasteiger partial charge in [0.25, 0.3) is 5.91 Å². The average molecular weight is 369 g/mol. The Labute approximate surface area is 159 Å². The summed E-state index contributed by atoms with van der Waals surface area (Å²) in [5.41, 5.74) is 5.17. The number of nitrogens with zero attached hydrogens (tertiary/aromatic N) is 2. The fourth-order valence-corrected chi connectivity index (χ4v) is 4.19. The third-order valence-electron chi connectivity index (χ3n) is 4.40. The first kappa shape index (κ1) is 18.5. The molecule has 3 aromatic rings. The van der Waals surface area contributed by atoms with Gasteiger partial charge in [0, 0.05) is 5.56 Å². The Kier molecular flexibility index (Phi) is 5.39. The molecule has 0 fully saturated rings. The van der Waals surface area contributed by atoms with E-state index in [1.54, 1.807) is 11.3 Å². The summed E-state index contributed by atoms with van der Waals surface area (Å²) in [5, 5.41) is 0.779. The maximum Gasteiger partial charge on any atom is 0.260 e. The van der Waals surface area contributed by atoms with Crippen LogP contribution in [0.25, 0.3) is 10.2 Å². The third-order valence-corrected chi connectivity index (χ3v) is 5.42. The summed E-state index contributed by atoms with van der Waals surface area (Å²) in [6.07, 6.45) is 0. The number of aromatic nitrogens is 1. The van der Waals surface area contributed by atoms with E-state index in [1.165, 1.54) is 10.5 Å². The Morgan fingerprint density at radius 1 is 1.12 bits per heavy atom. The molecule has 5 heteroatoms. The van der Waals surface area contributed by atoms with E-state index < -0.39 is 0 Å². The number of quaternary nitrogens is 1. The standard InChI is InChI=1S/C21H25N3OS/c1-14-7-6-8-17(12-14)20(25)24(10-9-23(4)5)21-22-19-16(3)11-15(2)13-18(19)26-21/h6-8,11-13H,9-10H2,1-5H3/p+1. The number of hydrogen-bond donors (Lipinski definition) is 1. The number of benzene rings is 2. The van der Waals surface area contributed by atoms with Crippen molar-refractivity contribution in [3.63, 3.8) is 0 Å². The minimum Gasteiger partial charge on any atom is -0.338 e. The molecule has 0 aliphatic carbocycles. The summed E-state index contributed by atoms with van der Waals surface area (Å²) < 4.78 is 1.14. The average Bonchev–Trinajstić information content (AvgIpc) is 2.98. The van der Waals surface area contributed by atoms with Crippen LogP contribution in [0.3, 0.4) is 0 Å². The summed E-state index contributed by atoms with van der Waals surface area (Å²) in [6, 6.07) is 12.1. The fraction of sp³-hybridized carbons (Fsp3) is 0.333. The molecule has 0 unspecified atom stereocenters. The zero-order valence-corrected chi connectivity index (χ0v) is 16.9. The lowest BCUT2D eigenvalue weighted by Gasteiger charge is -2.21. The van der Waals surface area contributed by atoms with E-state index in [-0.39, 0.29) is 5.91 Å². The topological polar surface area (TPSA) is 37.6 Å². The molecule has 3 rings (SSSR count). The van der Waals surface area contributed by atoms with Gasteiger partial charge in [0.1, 0.15) is 0 Å². The maximum atomic E-state index is 13.2. The van der Waals surface area contributed by atoms with E-state index in [9.17, 15) is 4.79 Å². The first-order valence-corrected chi connectivity index (χ1v) is 9.72. The molecular formula is C21H26N3OS+. The van der Waals surface area contributed by atoms with Gasteiger partial charge >= 0.3 is 0 Å². The van der Waals surface area contributed by atoms with Crippen molar-refractivity contribution in [1.82, 2.24) is 4.98 Å². The highest BCUT2D eigenvalue weighted by Gasteiger charge is 2.22. The number of carbonyl (C=O) groups is 1. The van der Waals surface area contributed by atoms with E-state index in [4.69, 9.17) is 4.98 Å². The van der Waals surface area contributed by atoms with E-state index in [0.717, 1.165) is 33.0 Å². The number of amides is 1. The number of fused-ring (bicyclic) bond motifs is 1. The van der Waals surface area contributed by atoms with Crippen LogP contribution >= 0.6 is 11.3 Å². The minimum atomic E-state index is 0.0170. The number of anilines is 1. The van der Waals surface area contributed by atoms with Gasteiger partial charge in [-0.25, -0.2) is 4.98 Å². The molecule has 0 aliphatic rings. The Morgan fingerprint density at radius 3 is 2.58 bits per heavy atom. The number of nitrogens with one attached hydrogen (secondary N) is 1. The molecule has 0 spiro atoms. The van der Waals surface area contributed by atoms with Crippen LogP contribution < -0.4 is 9.80 Å². The SMILES string of the molecule is Cc1cccc(C(=O)N(CC[NH+](C)C)c2nc3c(C)cc(C)cc3s2)c1. The zero-order chi connectivity index (χ0) is 18.8. The molecule has 0 atom stereocenters. The molecule has 0 radical (unpaired) electrons. The van der Waals surface area contributed by atoms with Gasteiger partial charge < -0.3 is 4.90 Å². The van der Waals surface area contributed by atoms with Crippen molar-refractivity contribution in [3.05, 3.63) is 58.7 Å². The van der Waals surface area contributed by atoms with Crippen molar-refractivity contribution in [1.29, 1.82) is 0 Å². The maximum absolute atomic E-state index is 13.2. The van der Waals surface area contributed by atoms with Gasteiger partial charge in [0.15, 0.2) is 5.13 Å². The molecule has 2 aromatic carbocycles. The van der Waals surface area contributed by atoms with Crippen LogP contribution in [-0.2, 0) is 0 Å². The number of thiazole rings is 1. The third kappa shape index (κ3) is 3.94. The predicted octanol–water partition coefficient (Wildman–Crippen LogP) is 3.01. The van der Waals surface area contributed by atoms with Crippen molar-refractivity contribution in [2.45, 2.75) is 20.8 Å². The lowest BCUT2D eigenvalue weighted by molar-refractivity contribution is -0.856. The van der Waals surface area contributed by atoms with Crippen LogP contribution in [0.2, 0.25) is 0 Å². The summed E-state index contributed by atoms with van der Waals surface area (Å²) in [5.74, 6) is 0.0170. The molecule has 0 aliphatic heterocycles. The molecule has 136 valence electrons. The van der Waals surface area contributed by atoms with Crippen molar-refractivity contribution in [3.8, 4) is 0 Å². The molecule has 4 nitrogen and oxygen atoms in total. The van der Waals surface area contributed by atoms with Gasteiger partial charge in [-0.15, -0.1) is 0 Å². The normalized spacial score (nSPS) is 11.3. The molecule has 1 N–H and O–H groups in total. The zero-order valence-electron chi connectivity index (χ0n) is 16.1. The van der Waals surface area contributed by atoms with Crippen LogP contribution in [0.5, 0.6) is 0 Å². The fourth-order valence-electron chi connectivity index (χ4n) is 3.03. The molecule has 0 saturated carbocycles. The second kappa shape index (κ2) is 7.56. The molecule has 0 bridgehead atoms. The summed E-state index contributed by atoms with van der Waals surface area (Å²) in [6.45, 7) is 7.69. The quantitative estimate of drug-likeness (QED) is 0.752.